The van der Waals surface area contributed by atoms with E-state index >= 15 is 0 Å². The smallest absolute Gasteiger partial charge is 0.270 e. The van der Waals surface area contributed by atoms with Crippen molar-refractivity contribution in [3.63, 3.8) is 0 Å². The fraction of sp³-hybridized carbons (Fsp3) is 0.688. The summed E-state index contributed by atoms with van der Waals surface area (Å²) in [6.07, 6.45) is 0. The van der Waals surface area contributed by atoms with Gasteiger partial charge in [-0.25, -0.2) is 9.97 Å². The van der Waals surface area contributed by atoms with Crippen LogP contribution in [0.15, 0.2) is 6.07 Å². The van der Waals surface area contributed by atoms with Gasteiger partial charge in [-0.05, 0) is 20.8 Å². The lowest BCUT2D eigenvalue weighted by Gasteiger charge is -2.26. The molecule has 1 fully saturated rings. The highest BCUT2D eigenvalue weighted by Gasteiger charge is 2.14. The summed E-state index contributed by atoms with van der Waals surface area (Å²) in [5, 5.41) is 2.95. The van der Waals surface area contributed by atoms with Crippen LogP contribution in [0, 0.1) is 6.92 Å². The van der Waals surface area contributed by atoms with Crippen LogP contribution in [0.2, 0.25) is 0 Å². The second-order valence-corrected chi connectivity index (χ2v) is 5.54. The number of aromatic nitrogens is 2. The maximum absolute atomic E-state index is 12.3. The van der Waals surface area contributed by atoms with Crippen LogP contribution in [0.5, 0.6) is 0 Å². The molecule has 7 heteroatoms. The third-order valence-electron chi connectivity index (χ3n) is 3.96. The highest BCUT2D eigenvalue weighted by molar-refractivity contribution is 5.92. The second kappa shape index (κ2) is 8.79. The Bertz CT molecular complexity index is 513. The number of aryl methyl sites for hydroxylation is 1. The van der Waals surface area contributed by atoms with Crippen molar-refractivity contribution in [2.45, 2.75) is 20.8 Å². The van der Waals surface area contributed by atoms with Crippen LogP contribution >= 0.6 is 0 Å². The van der Waals surface area contributed by atoms with E-state index in [0.29, 0.717) is 18.1 Å². The topological polar surface area (TPSA) is 70.6 Å². The Morgan fingerprint density at radius 2 is 2.00 bits per heavy atom. The van der Waals surface area contributed by atoms with E-state index in [0.717, 1.165) is 51.8 Å². The van der Waals surface area contributed by atoms with Crippen molar-refractivity contribution < 1.29 is 9.53 Å². The van der Waals surface area contributed by atoms with E-state index in [1.54, 1.807) is 6.07 Å². The van der Waals surface area contributed by atoms with Crippen LogP contribution in [-0.4, -0.2) is 73.3 Å². The molecule has 1 aromatic heterocycles. The number of nitrogens with zero attached hydrogens (tertiary/aromatic N) is 4. The summed E-state index contributed by atoms with van der Waals surface area (Å²) in [6, 6.07) is 1.77. The minimum atomic E-state index is -0.142. The van der Waals surface area contributed by atoms with E-state index in [9.17, 15) is 4.79 Å². The molecule has 2 heterocycles. The van der Waals surface area contributed by atoms with Crippen molar-refractivity contribution in [3.8, 4) is 0 Å². The first kappa shape index (κ1) is 17.6. The highest BCUT2D eigenvalue weighted by Crippen LogP contribution is 2.12. The number of hydrogen-bond donors (Lipinski definition) is 1. The zero-order valence-electron chi connectivity index (χ0n) is 14.3. The third-order valence-corrected chi connectivity index (χ3v) is 3.96. The highest BCUT2D eigenvalue weighted by atomic mass is 16.5. The first-order valence-corrected chi connectivity index (χ1v) is 8.33. The number of anilines is 1. The average Bonchev–Trinajstić information content (AvgIpc) is 2.56. The predicted molar refractivity (Wildman–Crippen MR) is 89.9 cm³/mol. The van der Waals surface area contributed by atoms with Crippen LogP contribution in [0.3, 0.4) is 0 Å². The van der Waals surface area contributed by atoms with Crippen molar-refractivity contribution in [2.75, 3.05) is 57.4 Å². The Labute approximate surface area is 138 Å². The van der Waals surface area contributed by atoms with Crippen molar-refractivity contribution >= 4 is 11.7 Å². The number of ether oxygens (including phenoxy) is 1. The zero-order valence-corrected chi connectivity index (χ0v) is 14.3. The van der Waals surface area contributed by atoms with E-state index in [2.05, 4.69) is 38.9 Å². The lowest BCUT2D eigenvalue weighted by molar-refractivity contribution is 0.0383. The monoisotopic (exact) mass is 321 g/mol. The number of rotatable bonds is 7. The fourth-order valence-electron chi connectivity index (χ4n) is 2.62. The second-order valence-electron chi connectivity index (χ2n) is 5.54. The van der Waals surface area contributed by atoms with E-state index < -0.39 is 0 Å². The van der Waals surface area contributed by atoms with Crippen molar-refractivity contribution in [2.24, 2.45) is 0 Å². The summed E-state index contributed by atoms with van der Waals surface area (Å²) in [5.41, 5.74) is 0.432. The van der Waals surface area contributed by atoms with Crippen LogP contribution < -0.4 is 10.2 Å². The molecule has 0 saturated carbocycles. The van der Waals surface area contributed by atoms with Gasteiger partial charge in [-0.1, -0.05) is 0 Å². The largest absolute Gasteiger partial charge is 0.379 e. The fourth-order valence-corrected chi connectivity index (χ4v) is 2.62. The molecule has 2 rings (SSSR count). The van der Waals surface area contributed by atoms with Crippen molar-refractivity contribution in [3.05, 3.63) is 17.6 Å². The Morgan fingerprint density at radius 1 is 1.30 bits per heavy atom. The SMILES string of the molecule is CCN(CC)c1cc(C(=O)NCCN2CCOCC2)nc(C)n1. The minimum absolute atomic E-state index is 0.142. The molecule has 0 unspecified atom stereocenters. The van der Waals surface area contributed by atoms with Gasteiger partial charge in [0.25, 0.3) is 5.91 Å². The molecule has 0 aliphatic carbocycles. The summed E-state index contributed by atoms with van der Waals surface area (Å²) in [7, 11) is 0. The summed E-state index contributed by atoms with van der Waals surface area (Å²) in [5.74, 6) is 1.28. The number of amides is 1. The molecule has 0 aromatic carbocycles. The normalized spacial score (nSPS) is 15.4. The molecular weight excluding hydrogens is 294 g/mol. The van der Waals surface area contributed by atoms with Gasteiger partial charge in [0.1, 0.15) is 17.3 Å². The van der Waals surface area contributed by atoms with Crippen LogP contribution in [-0.2, 0) is 4.74 Å². The van der Waals surface area contributed by atoms with Gasteiger partial charge in [-0.15, -0.1) is 0 Å². The predicted octanol–water partition coefficient (Wildman–Crippen LogP) is 0.693. The third kappa shape index (κ3) is 5.14. The molecule has 1 amide bonds. The lowest BCUT2D eigenvalue weighted by Crippen LogP contribution is -2.41. The molecule has 1 aliphatic heterocycles. The Kier molecular flexibility index (Phi) is 6.73. The molecular formula is C16H27N5O2. The van der Waals surface area contributed by atoms with Gasteiger partial charge >= 0.3 is 0 Å². The van der Waals surface area contributed by atoms with E-state index in [-0.39, 0.29) is 5.91 Å². The quantitative estimate of drug-likeness (QED) is 0.797. The van der Waals surface area contributed by atoms with Gasteiger partial charge in [0.05, 0.1) is 13.2 Å². The summed E-state index contributed by atoms with van der Waals surface area (Å²) >= 11 is 0. The Balaban J connectivity index is 1.92. The van der Waals surface area contributed by atoms with Gasteiger partial charge < -0.3 is 15.0 Å². The van der Waals surface area contributed by atoms with Gasteiger partial charge in [0, 0.05) is 45.3 Å². The number of morpholine rings is 1. The van der Waals surface area contributed by atoms with Crippen LogP contribution in [0.4, 0.5) is 5.82 Å². The van der Waals surface area contributed by atoms with Gasteiger partial charge in [-0.2, -0.15) is 0 Å². The molecule has 1 N–H and O–H groups in total. The van der Waals surface area contributed by atoms with Crippen molar-refractivity contribution in [1.82, 2.24) is 20.2 Å². The molecule has 23 heavy (non-hydrogen) atoms. The van der Waals surface area contributed by atoms with Crippen LogP contribution in [0.25, 0.3) is 0 Å². The molecule has 0 atom stereocenters. The molecule has 0 bridgehead atoms. The molecule has 0 spiro atoms. The average molecular weight is 321 g/mol. The standard InChI is InChI=1S/C16H27N5O2/c1-4-21(5-2)15-12-14(18-13(3)19-15)16(22)17-6-7-20-8-10-23-11-9-20/h12H,4-11H2,1-3H3,(H,17,22). The number of hydrogen-bond acceptors (Lipinski definition) is 6. The first-order chi connectivity index (χ1) is 11.1. The maximum atomic E-state index is 12.3. The van der Waals surface area contributed by atoms with Gasteiger partial charge in [0.2, 0.25) is 0 Å². The number of carbonyl (C=O) groups is 1. The van der Waals surface area contributed by atoms with E-state index in [4.69, 9.17) is 4.74 Å². The van der Waals surface area contributed by atoms with Gasteiger partial charge in [0.15, 0.2) is 0 Å². The lowest BCUT2D eigenvalue weighted by atomic mass is 10.3. The summed E-state index contributed by atoms with van der Waals surface area (Å²) in [6.45, 7) is 12.5. The van der Waals surface area contributed by atoms with Gasteiger partial charge in [-0.3, -0.25) is 9.69 Å². The van der Waals surface area contributed by atoms with Crippen molar-refractivity contribution in [1.29, 1.82) is 0 Å². The summed E-state index contributed by atoms with van der Waals surface area (Å²) < 4.78 is 5.32. The molecule has 7 nitrogen and oxygen atoms in total. The molecule has 0 radical (unpaired) electrons. The van der Waals surface area contributed by atoms with E-state index in [1.807, 2.05) is 6.92 Å². The minimum Gasteiger partial charge on any atom is -0.379 e. The van der Waals surface area contributed by atoms with Crippen LogP contribution in [0.1, 0.15) is 30.2 Å². The molecule has 128 valence electrons. The Hall–Kier alpha value is -1.73. The molecule has 1 aromatic rings. The Morgan fingerprint density at radius 3 is 2.65 bits per heavy atom. The molecule has 1 saturated heterocycles. The zero-order chi connectivity index (χ0) is 16.7. The summed E-state index contributed by atoms with van der Waals surface area (Å²) in [4.78, 5) is 25.4. The maximum Gasteiger partial charge on any atom is 0.270 e. The first-order valence-electron chi connectivity index (χ1n) is 8.33. The number of nitrogens with one attached hydrogen (secondary N) is 1. The van der Waals surface area contributed by atoms with E-state index in [1.165, 1.54) is 0 Å². The molecule has 1 aliphatic rings. The number of carbonyl (C=O) groups excluding carboxylic acids is 1.